The second kappa shape index (κ2) is 8.00. The Morgan fingerprint density at radius 1 is 1.21 bits per heavy atom. The molecule has 2 fully saturated rings. The van der Waals surface area contributed by atoms with E-state index < -0.39 is 0 Å². The SMILES string of the molecule is CSCc1noc([C@H]2CCC(=O)N(CCCN3CCCC3=O)C2)n1. The zero-order valence-electron chi connectivity index (χ0n) is 14.1. The van der Waals surface area contributed by atoms with Crippen molar-refractivity contribution >= 4 is 23.6 Å². The molecule has 8 heteroatoms. The maximum Gasteiger partial charge on any atom is 0.231 e. The van der Waals surface area contributed by atoms with Crippen LogP contribution in [0.5, 0.6) is 0 Å². The van der Waals surface area contributed by atoms with E-state index in [1.54, 1.807) is 11.8 Å². The molecule has 0 N–H and O–H groups in total. The lowest BCUT2D eigenvalue weighted by Crippen LogP contribution is -2.40. The van der Waals surface area contributed by atoms with E-state index in [9.17, 15) is 9.59 Å². The molecule has 2 aliphatic rings. The highest BCUT2D eigenvalue weighted by Crippen LogP contribution is 2.27. The summed E-state index contributed by atoms with van der Waals surface area (Å²) in [6.07, 6.45) is 5.74. The minimum atomic E-state index is 0.124. The lowest BCUT2D eigenvalue weighted by Gasteiger charge is -2.31. The number of amides is 2. The molecule has 0 aromatic carbocycles. The van der Waals surface area contributed by atoms with Crippen molar-refractivity contribution in [3.05, 3.63) is 11.7 Å². The fourth-order valence-corrected chi connectivity index (χ4v) is 3.72. The van der Waals surface area contributed by atoms with Gasteiger partial charge in [0.1, 0.15) is 0 Å². The third-order valence-electron chi connectivity index (χ3n) is 4.63. The quantitative estimate of drug-likeness (QED) is 0.742. The van der Waals surface area contributed by atoms with Gasteiger partial charge in [0.25, 0.3) is 0 Å². The summed E-state index contributed by atoms with van der Waals surface area (Å²) in [5, 5.41) is 3.99. The number of likely N-dealkylation sites (tertiary alicyclic amines) is 2. The molecule has 1 aromatic heterocycles. The average molecular weight is 352 g/mol. The van der Waals surface area contributed by atoms with Gasteiger partial charge in [0.2, 0.25) is 17.7 Å². The molecule has 24 heavy (non-hydrogen) atoms. The molecule has 1 atom stereocenters. The Morgan fingerprint density at radius 2 is 2.00 bits per heavy atom. The van der Waals surface area contributed by atoms with Crippen molar-refractivity contribution in [3.63, 3.8) is 0 Å². The second-order valence-electron chi connectivity index (χ2n) is 6.40. The largest absolute Gasteiger partial charge is 0.343 e. The number of rotatable bonds is 7. The third kappa shape index (κ3) is 4.09. The van der Waals surface area contributed by atoms with E-state index >= 15 is 0 Å². The first kappa shape index (κ1) is 17.3. The Kier molecular flexibility index (Phi) is 5.76. The van der Waals surface area contributed by atoms with Crippen molar-refractivity contribution in [2.45, 2.75) is 43.8 Å². The predicted octanol–water partition coefficient (Wildman–Crippen LogP) is 1.65. The van der Waals surface area contributed by atoms with Crippen LogP contribution in [0.3, 0.4) is 0 Å². The van der Waals surface area contributed by atoms with Crippen molar-refractivity contribution in [1.29, 1.82) is 0 Å². The average Bonchev–Trinajstić information content (AvgIpc) is 3.19. The Morgan fingerprint density at radius 3 is 2.75 bits per heavy atom. The summed E-state index contributed by atoms with van der Waals surface area (Å²) in [5.41, 5.74) is 0. The fourth-order valence-electron chi connectivity index (χ4n) is 3.35. The number of thioether (sulfide) groups is 1. The van der Waals surface area contributed by atoms with E-state index in [0.29, 0.717) is 37.6 Å². The van der Waals surface area contributed by atoms with Crippen LogP contribution in [-0.2, 0) is 15.3 Å². The lowest BCUT2D eigenvalue weighted by atomic mass is 9.97. The van der Waals surface area contributed by atoms with E-state index in [1.807, 2.05) is 16.1 Å². The van der Waals surface area contributed by atoms with Gasteiger partial charge >= 0.3 is 0 Å². The van der Waals surface area contributed by atoms with Crippen molar-refractivity contribution < 1.29 is 14.1 Å². The first-order chi connectivity index (χ1) is 11.7. The van der Waals surface area contributed by atoms with Gasteiger partial charge in [-0.05, 0) is 25.5 Å². The van der Waals surface area contributed by atoms with Crippen LogP contribution in [0, 0.1) is 0 Å². The van der Waals surface area contributed by atoms with Crippen LogP contribution in [0.15, 0.2) is 4.52 Å². The van der Waals surface area contributed by atoms with Crippen LogP contribution in [0.4, 0.5) is 0 Å². The van der Waals surface area contributed by atoms with Crippen LogP contribution in [-0.4, -0.2) is 64.2 Å². The summed E-state index contributed by atoms with van der Waals surface area (Å²) in [7, 11) is 0. The molecule has 1 aromatic rings. The highest BCUT2D eigenvalue weighted by molar-refractivity contribution is 7.97. The molecule has 0 bridgehead atoms. The Balaban J connectivity index is 1.51. The molecule has 3 heterocycles. The van der Waals surface area contributed by atoms with Gasteiger partial charge in [-0.15, -0.1) is 0 Å². The van der Waals surface area contributed by atoms with Crippen LogP contribution in [0.2, 0.25) is 0 Å². The number of piperidine rings is 1. The standard InChI is InChI=1S/C16H24N4O3S/c1-24-11-13-17-16(23-18-13)12-5-6-15(22)20(10-12)9-3-8-19-7-2-4-14(19)21/h12H,2-11H2,1H3/t12-/m0/s1. The first-order valence-corrected chi connectivity index (χ1v) is 9.93. The van der Waals surface area contributed by atoms with Crippen molar-refractivity contribution in [2.75, 3.05) is 32.4 Å². The van der Waals surface area contributed by atoms with Crippen LogP contribution < -0.4 is 0 Å². The maximum absolute atomic E-state index is 12.1. The van der Waals surface area contributed by atoms with E-state index in [2.05, 4.69) is 10.1 Å². The van der Waals surface area contributed by atoms with Gasteiger partial charge in [0.15, 0.2) is 5.82 Å². The molecule has 2 amide bonds. The summed E-state index contributed by atoms with van der Waals surface area (Å²) in [5.74, 6) is 2.65. The Bertz CT molecular complexity index is 592. The maximum atomic E-state index is 12.1. The zero-order chi connectivity index (χ0) is 16.9. The van der Waals surface area contributed by atoms with Gasteiger partial charge in [0.05, 0.1) is 11.7 Å². The zero-order valence-corrected chi connectivity index (χ0v) is 14.9. The van der Waals surface area contributed by atoms with E-state index in [-0.39, 0.29) is 17.7 Å². The molecule has 7 nitrogen and oxygen atoms in total. The molecular weight excluding hydrogens is 328 g/mol. The van der Waals surface area contributed by atoms with Crippen molar-refractivity contribution in [1.82, 2.24) is 19.9 Å². The highest BCUT2D eigenvalue weighted by atomic mass is 32.2. The summed E-state index contributed by atoms with van der Waals surface area (Å²) in [6.45, 7) is 2.92. The molecule has 0 radical (unpaired) electrons. The van der Waals surface area contributed by atoms with Gasteiger partial charge in [-0.25, -0.2) is 0 Å². The van der Waals surface area contributed by atoms with Crippen molar-refractivity contribution in [2.24, 2.45) is 0 Å². The second-order valence-corrected chi connectivity index (χ2v) is 7.26. The van der Waals surface area contributed by atoms with Gasteiger partial charge in [-0.1, -0.05) is 5.16 Å². The number of hydrogen-bond donors (Lipinski definition) is 0. The van der Waals surface area contributed by atoms with Crippen LogP contribution >= 0.6 is 11.8 Å². The molecule has 2 saturated heterocycles. The molecule has 2 aliphatic heterocycles. The van der Waals surface area contributed by atoms with Crippen LogP contribution in [0.25, 0.3) is 0 Å². The summed E-state index contributed by atoms with van der Waals surface area (Å²) in [4.78, 5) is 32.0. The molecule has 0 saturated carbocycles. The minimum absolute atomic E-state index is 0.124. The first-order valence-electron chi connectivity index (χ1n) is 8.54. The van der Waals surface area contributed by atoms with Gasteiger partial charge in [-0.3, -0.25) is 9.59 Å². The monoisotopic (exact) mass is 352 g/mol. The van der Waals surface area contributed by atoms with E-state index in [0.717, 1.165) is 38.1 Å². The Hall–Kier alpha value is -1.57. The molecule has 132 valence electrons. The number of carbonyl (C=O) groups is 2. The van der Waals surface area contributed by atoms with E-state index in [1.165, 1.54) is 0 Å². The van der Waals surface area contributed by atoms with Crippen molar-refractivity contribution in [3.8, 4) is 0 Å². The third-order valence-corrected chi connectivity index (χ3v) is 5.18. The summed E-state index contributed by atoms with van der Waals surface area (Å²) < 4.78 is 5.37. The number of hydrogen-bond acceptors (Lipinski definition) is 6. The lowest BCUT2D eigenvalue weighted by molar-refractivity contribution is -0.134. The fraction of sp³-hybridized carbons (Fsp3) is 0.750. The predicted molar refractivity (Wildman–Crippen MR) is 90.5 cm³/mol. The molecule has 0 spiro atoms. The highest BCUT2D eigenvalue weighted by Gasteiger charge is 2.30. The number of aromatic nitrogens is 2. The minimum Gasteiger partial charge on any atom is -0.343 e. The number of carbonyl (C=O) groups excluding carboxylic acids is 2. The Labute approximate surface area is 146 Å². The molecule has 3 rings (SSSR count). The molecule has 0 unspecified atom stereocenters. The number of nitrogens with zero attached hydrogens (tertiary/aromatic N) is 4. The normalized spacial score (nSPS) is 21.8. The molecule has 0 aliphatic carbocycles. The van der Waals surface area contributed by atoms with Crippen LogP contribution in [0.1, 0.15) is 49.7 Å². The molecular formula is C16H24N4O3S. The van der Waals surface area contributed by atoms with Gasteiger partial charge < -0.3 is 14.3 Å². The topological polar surface area (TPSA) is 79.5 Å². The van der Waals surface area contributed by atoms with Gasteiger partial charge in [-0.2, -0.15) is 16.7 Å². The summed E-state index contributed by atoms with van der Waals surface area (Å²) in [6, 6.07) is 0. The summed E-state index contributed by atoms with van der Waals surface area (Å²) >= 11 is 1.66. The van der Waals surface area contributed by atoms with E-state index in [4.69, 9.17) is 4.52 Å². The smallest absolute Gasteiger partial charge is 0.231 e. The van der Waals surface area contributed by atoms with Gasteiger partial charge in [0, 0.05) is 39.0 Å².